The predicted octanol–water partition coefficient (Wildman–Crippen LogP) is 12.1. The standard InChI is InChI=1S/C47H29N3O2/c51-40-24-23-37(34-22-25-42-39(28-34)38-16-8-9-17-41(38)52-42)44(43(40)31-12-2-1-3-13-31)47-49-45(35-20-18-29-10-4-6-14-32(29)26-35)48-46(50-47)36-21-19-30-11-5-7-15-33(30)27-36/h1-28,51H. The highest BCUT2D eigenvalue weighted by Gasteiger charge is 2.23. The fourth-order valence-corrected chi connectivity index (χ4v) is 7.26. The van der Waals surface area contributed by atoms with Crippen LogP contribution in [-0.2, 0) is 0 Å². The van der Waals surface area contributed by atoms with Crippen molar-refractivity contribution < 1.29 is 9.52 Å². The molecule has 0 radical (unpaired) electrons. The van der Waals surface area contributed by atoms with Crippen LogP contribution < -0.4 is 0 Å². The quantitative estimate of drug-likeness (QED) is 0.198. The minimum absolute atomic E-state index is 0.139. The van der Waals surface area contributed by atoms with E-state index < -0.39 is 0 Å². The van der Waals surface area contributed by atoms with Gasteiger partial charge in [0.15, 0.2) is 17.5 Å². The number of fused-ring (bicyclic) bond motifs is 5. The number of hydrogen-bond donors (Lipinski definition) is 1. The molecular formula is C47H29N3O2. The first-order valence-corrected chi connectivity index (χ1v) is 17.2. The van der Waals surface area contributed by atoms with Crippen LogP contribution in [0.1, 0.15) is 0 Å². The summed E-state index contributed by atoms with van der Waals surface area (Å²) in [5.74, 6) is 1.69. The van der Waals surface area contributed by atoms with Crippen LogP contribution in [0.5, 0.6) is 5.75 Å². The molecule has 8 aromatic carbocycles. The highest BCUT2D eigenvalue weighted by Crippen LogP contribution is 2.45. The molecule has 0 saturated carbocycles. The molecule has 1 N–H and O–H groups in total. The number of aromatic hydroxyl groups is 1. The predicted molar refractivity (Wildman–Crippen MR) is 211 cm³/mol. The van der Waals surface area contributed by atoms with Crippen LogP contribution >= 0.6 is 0 Å². The lowest BCUT2D eigenvalue weighted by atomic mass is 9.89. The molecule has 5 nitrogen and oxygen atoms in total. The number of nitrogens with zero attached hydrogens (tertiary/aromatic N) is 3. The Kier molecular flexibility index (Phi) is 6.89. The summed E-state index contributed by atoms with van der Waals surface area (Å²) in [5, 5.41) is 18.2. The number of furan rings is 1. The number of rotatable bonds is 5. The third-order valence-electron chi connectivity index (χ3n) is 9.81. The molecule has 0 spiro atoms. The molecule has 2 heterocycles. The molecule has 244 valence electrons. The zero-order valence-electron chi connectivity index (χ0n) is 27.9. The number of phenols is 1. The lowest BCUT2D eigenvalue weighted by Gasteiger charge is -2.18. The van der Waals surface area contributed by atoms with E-state index in [2.05, 4.69) is 78.9 Å². The van der Waals surface area contributed by atoms with E-state index in [1.807, 2.05) is 84.9 Å². The molecular weight excluding hydrogens is 639 g/mol. The zero-order valence-corrected chi connectivity index (χ0v) is 27.9. The average Bonchev–Trinajstić information content (AvgIpc) is 3.58. The molecule has 0 aliphatic heterocycles. The molecule has 0 fully saturated rings. The van der Waals surface area contributed by atoms with Crippen molar-refractivity contribution in [2.75, 3.05) is 0 Å². The summed E-state index contributed by atoms with van der Waals surface area (Å²) < 4.78 is 6.19. The van der Waals surface area contributed by atoms with Gasteiger partial charge >= 0.3 is 0 Å². The second kappa shape index (κ2) is 12.0. The Labute approximate surface area is 299 Å². The third-order valence-corrected chi connectivity index (χ3v) is 9.81. The van der Waals surface area contributed by atoms with E-state index in [0.29, 0.717) is 28.6 Å². The van der Waals surface area contributed by atoms with Crippen LogP contribution in [0.3, 0.4) is 0 Å². The third kappa shape index (κ3) is 5.07. The fourth-order valence-electron chi connectivity index (χ4n) is 7.26. The van der Waals surface area contributed by atoms with Crippen molar-refractivity contribution in [2.45, 2.75) is 0 Å². The van der Waals surface area contributed by atoms with E-state index in [0.717, 1.165) is 71.3 Å². The smallest absolute Gasteiger partial charge is 0.165 e. The molecule has 0 saturated heterocycles. The first-order valence-electron chi connectivity index (χ1n) is 17.2. The summed E-state index contributed by atoms with van der Waals surface area (Å²) in [4.78, 5) is 15.6. The van der Waals surface area contributed by atoms with Crippen molar-refractivity contribution in [3.05, 3.63) is 170 Å². The largest absolute Gasteiger partial charge is 0.507 e. The van der Waals surface area contributed by atoms with E-state index in [1.165, 1.54) is 0 Å². The highest BCUT2D eigenvalue weighted by atomic mass is 16.3. The highest BCUT2D eigenvalue weighted by molar-refractivity contribution is 6.07. The second-order valence-corrected chi connectivity index (χ2v) is 13.0. The molecule has 0 aliphatic carbocycles. The van der Waals surface area contributed by atoms with Crippen LogP contribution in [0.4, 0.5) is 0 Å². The van der Waals surface area contributed by atoms with Crippen LogP contribution in [0.15, 0.2) is 174 Å². The van der Waals surface area contributed by atoms with Gasteiger partial charge in [-0.1, -0.05) is 127 Å². The molecule has 10 aromatic rings. The summed E-state index contributed by atoms with van der Waals surface area (Å²) in [5.41, 5.74) is 7.44. The maximum absolute atomic E-state index is 11.7. The molecule has 0 atom stereocenters. The van der Waals surface area contributed by atoms with Gasteiger partial charge in [0.2, 0.25) is 0 Å². The van der Waals surface area contributed by atoms with Gasteiger partial charge in [-0.15, -0.1) is 0 Å². The van der Waals surface area contributed by atoms with Gasteiger partial charge in [-0.3, -0.25) is 0 Å². The van der Waals surface area contributed by atoms with E-state index in [4.69, 9.17) is 19.4 Å². The van der Waals surface area contributed by atoms with E-state index in [-0.39, 0.29) is 5.75 Å². The molecule has 2 aromatic heterocycles. The Balaban J connectivity index is 1.28. The SMILES string of the molecule is Oc1ccc(-c2ccc3oc4ccccc4c3c2)c(-c2nc(-c3ccc4ccccc4c3)nc(-c3ccc4ccccc4c3)n2)c1-c1ccccc1. The molecule has 0 bridgehead atoms. The first kappa shape index (κ1) is 29.8. The Morgan fingerprint density at radius 2 is 0.923 bits per heavy atom. The maximum atomic E-state index is 11.7. The minimum atomic E-state index is 0.139. The minimum Gasteiger partial charge on any atom is -0.507 e. The van der Waals surface area contributed by atoms with Gasteiger partial charge in [-0.2, -0.15) is 0 Å². The number of benzene rings is 8. The van der Waals surface area contributed by atoms with E-state index >= 15 is 0 Å². The first-order chi connectivity index (χ1) is 25.7. The van der Waals surface area contributed by atoms with Gasteiger partial charge in [-0.05, 0) is 80.7 Å². The van der Waals surface area contributed by atoms with Gasteiger partial charge in [0.05, 0.1) is 0 Å². The number of para-hydroxylation sites is 1. The van der Waals surface area contributed by atoms with Gasteiger partial charge < -0.3 is 9.52 Å². The number of phenolic OH excluding ortho intramolecular Hbond substituents is 1. The number of aromatic nitrogens is 3. The van der Waals surface area contributed by atoms with Crippen molar-refractivity contribution in [3.8, 4) is 62.2 Å². The monoisotopic (exact) mass is 667 g/mol. The van der Waals surface area contributed by atoms with Gasteiger partial charge in [0.25, 0.3) is 0 Å². The van der Waals surface area contributed by atoms with Crippen LogP contribution in [-0.4, -0.2) is 20.1 Å². The molecule has 0 amide bonds. The zero-order chi connectivity index (χ0) is 34.6. The van der Waals surface area contributed by atoms with E-state index in [9.17, 15) is 5.11 Å². The fraction of sp³-hybridized carbons (Fsp3) is 0. The van der Waals surface area contributed by atoms with Crippen LogP contribution in [0.25, 0.3) is 99.9 Å². The lowest BCUT2D eigenvalue weighted by molar-refractivity contribution is 0.477. The van der Waals surface area contributed by atoms with Crippen molar-refractivity contribution in [1.82, 2.24) is 15.0 Å². The average molecular weight is 668 g/mol. The summed E-state index contributed by atoms with van der Waals surface area (Å²) in [6, 6.07) is 57.1. The number of hydrogen-bond acceptors (Lipinski definition) is 5. The van der Waals surface area contributed by atoms with Crippen LogP contribution in [0.2, 0.25) is 0 Å². The molecule has 0 unspecified atom stereocenters. The molecule has 52 heavy (non-hydrogen) atoms. The van der Waals surface area contributed by atoms with Crippen molar-refractivity contribution >= 4 is 43.5 Å². The summed E-state index contributed by atoms with van der Waals surface area (Å²) >= 11 is 0. The lowest BCUT2D eigenvalue weighted by Crippen LogP contribution is -2.02. The molecule has 5 heteroatoms. The topological polar surface area (TPSA) is 72.0 Å². The summed E-state index contributed by atoms with van der Waals surface area (Å²) in [6.07, 6.45) is 0. The van der Waals surface area contributed by atoms with Crippen LogP contribution in [0, 0.1) is 0 Å². The Hall–Kier alpha value is -7.11. The summed E-state index contributed by atoms with van der Waals surface area (Å²) in [6.45, 7) is 0. The summed E-state index contributed by atoms with van der Waals surface area (Å²) in [7, 11) is 0. The Bertz CT molecular complexity index is 2890. The Morgan fingerprint density at radius 1 is 0.365 bits per heavy atom. The molecule has 10 rings (SSSR count). The van der Waals surface area contributed by atoms with E-state index in [1.54, 1.807) is 6.07 Å². The normalized spacial score (nSPS) is 11.5. The van der Waals surface area contributed by atoms with Gasteiger partial charge in [0.1, 0.15) is 16.9 Å². The van der Waals surface area contributed by atoms with Crippen molar-refractivity contribution in [3.63, 3.8) is 0 Å². The van der Waals surface area contributed by atoms with Gasteiger partial charge in [0, 0.05) is 33.0 Å². The second-order valence-electron chi connectivity index (χ2n) is 13.0. The van der Waals surface area contributed by atoms with Gasteiger partial charge in [-0.25, -0.2) is 15.0 Å². The molecule has 0 aliphatic rings. The van der Waals surface area contributed by atoms with Crippen molar-refractivity contribution in [2.24, 2.45) is 0 Å². The van der Waals surface area contributed by atoms with Crippen molar-refractivity contribution in [1.29, 1.82) is 0 Å². The Morgan fingerprint density at radius 3 is 1.62 bits per heavy atom. The maximum Gasteiger partial charge on any atom is 0.165 e.